The fourth-order valence-corrected chi connectivity index (χ4v) is 7.39. The van der Waals surface area contributed by atoms with Crippen molar-refractivity contribution in [2.75, 3.05) is 11.9 Å². The summed E-state index contributed by atoms with van der Waals surface area (Å²) >= 11 is 1.25. The summed E-state index contributed by atoms with van der Waals surface area (Å²) in [7, 11) is 0. The Morgan fingerprint density at radius 2 is 1.79 bits per heavy atom. The van der Waals surface area contributed by atoms with Crippen LogP contribution in [0.5, 0.6) is 0 Å². The molecule has 1 unspecified atom stereocenters. The number of ketones is 1. The first-order valence-electron chi connectivity index (χ1n) is 10.5. The number of rotatable bonds is 4. The maximum absolute atomic E-state index is 13.6. The zero-order valence-electron chi connectivity index (χ0n) is 16.3. The number of nitrogens with one attached hydrogen (secondary N) is 1. The molecule has 1 aliphatic heterocycles. The SMILES string of the molecule is CC(=O)c1csc(NC(=O)C2CCCN2C(=O)C23CC4CC(CC(C4)C2)C3)n1. The normalized spacial score (nSPS) is 36.0. The molecule has 1 atom stereocenters. The van der Waals surface area contributed by atoms with Gasteiger partial charge in [0.15, 0.2) is 10.9 Å². The molecule has 6 rings (SSSR count). The number of hydrogen-bond acceptors (Lipinski definition) is 5. The van der Waals surface area contributed by atoms with Crippen molar-refractivity contribution in [1.29, 1.82) is 0 Å². The minimum absolute atomic E-state index is 0.115. The minimum Gasteiger partial charge on any atom is -0.330 e. The van der Waals surface area contributed by atoms with E-state index in [4.69, 9.17) is 0 Å². The van der Waals surface area contributed by atoms with Gasteiger partial charge in [0.05, 0.1) is 5.41 Å². The van der Waals surface area contributed by atoms with Crippen LogP contribution in [0.4, 0.5) is 5.13 Å². The summed E-state index contributed by atoms with van der Waals surface area (Å²) in [5.41, 5.74) is 0.161. The smallest absolute Gasteiger partial charge is 0.248 e. The molecule has 150 valence electrons. The maximum atomic E-state index is 13.6. The molecular weight excluding hydrogens is 374 g/mol. The third-order valence-electron chi connectivity index (χ3n) is 7.40. The lowest BCUT2D eigenvalue weighted by atomic mass is 9.49. The monoisotopic (exact) mass is 401 g/mol. The van der Waals surface area contributed by atoms with E-state index in [0.717, 1.165) is 25.7 Å². The van der Waals surface area contributed by atoms with Crippen molar-refractivity contribution >= 4 is 34.1 Å². The number of carbonyl (C=O) groups is 3. The van der Waals surface area contributed by atoms with Crippen molar-refractivity contribution in [3.8, 4) is 0 Å². The van der Waals surface area contributed by atoms with Gasteiger partial charge in [0.25, 0.3) is 0 Å². The fraction of sp³-hybridized carbons (Fsp3) is 0.714. The van der Waals surface area contributed by atoms with E-state index in [9.17, 15) is 14.4 Å². The number of thiazole rings is 1. The van der Waals surface area contributed by atoms with Gasteiger partial charge in [-0.25, -0.2) is 4.98 Å². The highest BCUT2D eigenvalue weighted by Gasteiger charge is 2.56. The quantitative estimate of drug-likeness (QED) is 0.783. The first-order chi connectivity index (χ1) is 13.4. The van der Waals surface area contributed by atoms with Crippen LogP contribution in [0.3, 0.4) is 0 Å². The Labute approximate surface area is 169 Å². The molecule has 0 radical (unpaired) electrons. The lowest BCUT2D eigenvalue weighted by Crippen LogP contribution is -2.56. The number of nitrogens with zero attached hydrogens (tertiary/aromatic N) is 2. The van der Waals surface area contributed by atoms with Crippen molar-refractivity contribution < 1.29 is 14.4 Å². The highest BCUT2D eigenvalue weighted by Crippen LogP contribution is 2.60. The van der Waals surface area contributed by atoms with Crippen LogP contribution in [0, 0.1) is 23.2 Å². The molecule has 28 heavy (non-hydrogen) atoms. The van der Waals surface area contributed by atoms with Crippen LogP contribution in [0.15, 0.2) is 5.38 Å². The molecule has 7 heteroatoms. The Morgan fingerprint density at radius 1 is 1.14 bits per heavy atom. The van der Waals surface area contributed by atoms with Gasteiger partial charge in [-0.05, 0) is 69.1 Å². The van der Waals surface area contributed by atoms with Gasteiger partial charge in [0.2, 0.25) is 11.8 Å². The lowest BCUT2D eigenvalue weighted by molar-refractivity contribution is -0.160. The topological polar surface area (TPSA) is 79.4 Å². The number of amides is 2. The molecule has 4 bridgehead atoms. The zero-order chi connectivity index (χ0) is 19.5. The molecule has 2 heterocycles. The molecule has 0 spiro atoms. The summed E-state index contributed by atoms with van der Waals surface area (Å²) in [5.74, 6) is 2.09. The van der Waals surface area contributed by atoms with Gasteiger partial charge in [0.1, 0.15) is 11.7 Å². The Hall–Kier alpha value is -1.76. The van der Waals surface area contributed by atoms with E-state index in [1.165, 1.54) is 37.5 Å². The average molecular weight is 402 g/mol. The molecule has 5 aliphatic rings. The Morgan fingerprint density at radius 3 is 2.36 bits per heavy atom. The third kappa shape index (κ3) is 2.98. The van der Waals surface area contributed by atoms with Crippen LogP contribution < -0.4 is 5.32 Å². The molecule has 6 nitrogen and oxygen atoms in total. The van der Waals surface area contributed by atoms with E-state index in [-0.39, 0.29) is 23.0 Å². The van der Waals surface area contributed by atoms with E-state index >= 15 is 0 Å². The van der Waals surface area contributed by atoms with Gasteiger partial charge in [-0.2, -0.15) is 0 Å². The molecule has 4 saturated carbocycles. The van der Waals surface area contributed by atoms with Gasteiger partial charge in [-0.1, -0.05) is 0 Å². The highest BCUT2D eigenvalue weighted by atomic mass is 32.1. The largest absolute Gasteiger partial charge is 0.330 e. The first kappa shape index (κ1) is 18.3. The van der Waals surface area contributed by atoms with Crippen LogP contribution in [0.1, 0.15) is 68.8 Å². The molecule has 2 amide bonds. The van der Waals surface area contributed by atoms with Crippen molar-refractivity contribution in [2.45, 2.75) is 64.3 Å². The first-order valence-corrected chi connectivity index (χ1v) is 11.4. The predicted molar refractivity (Wildman–Crippen MR) is 106 cm³/mol. The van der Waals surface area contributed by atoms with E-state index in [1.807, 2.05) is 4.90 Å². The van der Waals surface area contributed by atoms with Crippen LogP contribution in [-0.2, 0) is 9.59 Å². The van der Waals surface area contributed by atoms with Crippen LogP contribution >= 0.6 is 11.3 Å². The van der Waals surface area contributed by atoms with Crippen molar-refractivity contribution in [2.24, 2.45) is 23.2 Å². The minimum atomic E-state index is -0.412. The maximum Gasteiger partial charge on any atom is 0.248 e. The summed E-state index contributed by atoms with van der Waals surface area (Å²) in [6, 6.07) is -0.412. The Balaban J connectivity index is 1.31. The molecular formula is C21H27N3O3S. The second-order valence-electron chi connectivity index (χ2n) is 9.44. The number of Topliss-reactive ketones (excluding diaryl/α,β-unsaturated/α-hetero) is 1. The van der Waals surface area contributed by atoms with Gasteiger partial charge in [-0.3, -0.25) is 14.4 Å². The standard InChI is InChI=1S/C21H27N3O3S/c1-12(25)16-11-28-20(22-16)23-18(26)17-3-2-4-24(17)19(27)21-8-13-5-14(9-21)7-15(6-13)10-21/h11,13-15,17H,2-10H2,1H3,(H,22,23,26). The molecule has 5 fully saturated rings. The van der Waals surface area contributed by atoms with Crippen molar-refractivity contribution in [3.63, 3.8) is 0 Å². The summed E-state index contributed by atoms with van der Waals surface area (Å²) in [5, 5.41) is 4.93. The van der Waals surface area contributed by atoms with Crippen molar-refractivity contribution in [1.82, 2.24) is 9.88 Å². The van der Waals surface area contributed by atoms with E-state index in [0.29, 0.717) is 41.5 Å². The number of anilines is 1. The van der Waals surface area contributed by atoms with Crippen LogP contribution in [-0.4, -0.2) is 40.1 Å². The summed E-state index contributed by atoms with van der Waals surface area (Å²) in [6.45, 7) is 2.14. The van der Waals surface area contributed by atoms with E-state index in [2.05, 4.69) is 10.3 Å². The van der Waals surface area contributed by atoms with Gasteiger partial charge >= 0.3 is 0 Å². The Bertz CT molecular complexity index is 797. The molecule has 1 N–H and O–H groups in total. The van der Waals surface area contributed by atoms with Crippen LogP contribution in [0.2, 0.25) is 0 Å². The van der Waals surface area contributed by atoms with Crippen LogP contribution in [0.25, 0.3) is 0 Å². The number of aromatic nitrogens is 1. The Kier molecular flexibility index (Phi) is 4.34. The van der Waals surface area contributed by atoms with Crippen molar-refractivity contribution in [3.05, 3.63) is 11.1 Å². The molecule has 4 aliphatic carbocycles. The summed E-state index contributed by atoms with van der Waals surface area (Å²) in [6.07, 6.45) is 8.56. The van der Waals surface area contributed by atoms with Gasteiger partial charge in [0, 0.05) is 18.8 Å². The zero-order valence-corrected chi connectivity index (χ0v) is 17.1. The predicted octanol–water partition coefficient (Wildman–Crippen LogP) is 3.49. The average Bonchev–Trinajstić information content (AvgIpc) is 3.29. The number of carbonyl (C=O) groups excluding carboxylic acids is 3. The molecule has 1 aromatic heterocycles. The van der Waals surface area contributed by atoms with E-state index in [1.54, 1.807) is 5.38 Å². The highest BCUT2D eigenvalue weighted by molar-refractivity contribution is 7.14. The third-order valence-corrected chi connectivity index (χ3v) is 8.16. The van der Waals surface area contributed by atoms with Gasteiger partial charge < -0.3 is 10.2 Å². The molecule has 1 aromatic rings. The number of hydrogen-bond donors (Lipinski definition) is 1. The number of likely N-dealkylation sites (tertiary alicyclic amines) is 1. The summed E-state index contributed by atoms with van der Waals surface area (Å²) in [4.78, 5) is 44.0. The molecule has 0 aromatic carbocycles. The second-order valence-corrected chi connectivity index (χ2v) is 10.3. The van der Waals surface area contributed by atoms with E-state index < -0.39 is 6.04 Å². The van der Waals surface area contributed by atoms with Gasteiger partial charge in [-0.15, -0.1) is 11.3 Å². The molecule has 1 saturated heterocycles. The fourth-order valence-electron chi connectivity index (χ4n) is 6.64. The lowest BCUT2D eigenvalue weighted by Gasteiger charge is -2.56. The summed E-state index contributed by atoms with van der Waals surface area (Å²) < 4.78 is 0. The second kappa shape index (κ2) is 6.65.